The SMILES string of the molecule is CCOC(=O)CC1(c2ccc(-c3c([C@H]4C[C@H](c5ccc6ccccc6n5)C4)nc4c(N5CCOCC5)ccnn34)cc2)COC1. The number of rotatable bonds is 8. The summed E-state index contributed by atoms with van der Waals surface area (Å²) in [7, 11) is 0. The van der Waals surface area contributed by atoms with Gasteiger partial charge in [-0.05, 0) is 43.5 Å². The van der Waals surface area contributed by atoms with Gasteiger partial charge in [-0.25, -0.2) is 9.50 Å². The summed E-state index contributed by atoms with van der Waals surface area (Å²) >= 11 is 0. The summed E-state index contributed by atoms with van der Waals surface area (Å²) in [5.41, 5.74) is 8.09. The van der Waals surface area contributed by atoms with Gasteiger partial charge < -0.3 is 19.1 Å². The molecule has 5 aromatic rings. The van der Waals surface area contributed by atoms with E-state index in [9.17, 15) is 4.79 Å². The van der Waals surface area contributed by atoms with E-state index in [0.717, 1.165) is 71.0 Å². The molecule has 0 radical (unpaired) electrons. The summed E-state index contributed by atoms with van der Waals surface area (Å²) < 4.78 is 18.5. The van der Waals surface area contributed by atoms with Crippen LogP contribution in [0.4, 0.5) is 5.69 Å². The van der Waals surface area contributed by atoms with Gasteiger partial charge in [0.1, 0.15) is 0 Å². The Balaban J connectivity index is 1.15. The standard InChI is InChI=1S/C36H37N5O4/c1-2-45-32(42)21-36(22-44-23-36)28-10-7-25(8-11-28)34-33(39-35-31(13-14-37-41(34)35)40-15-17-43-18-16-40)27-19-26(20-27)30-12-9-24-5-3-4-6-29(24)38-30/h3-14,26-27H,2,15-23H2,1H3/t26-,27-. The maximum Gasteiger partial charge on any atom is 0.306 e. The van der Waals surface area contributed by atoms with Crippen molar-refractivity contribution < 1.29 is 19.0 Å². The first-order chi connectivity index (χ1) is 22.1. The van der Waals surface area contributed by atoms with Gasteiger partial charge in [0, 0.05) is 41.6 Å². The van der Waals surface area contributed by atoms with E-state index < -0.39 is 0 Å². The minimum Gasteiger partial charge on any atom is -0.466 e. The van der Waals surface area contributed by atoms with Gasteiger partial charge >= 0.3 is 5.97 Å². The summed E-state index contributed by atoms with van der Waals surface area (Å²) in [5.74, 6) is 0.509. The Labute approximate surface area is 262 Å². The number of nitrogens with zero attached hydrogens (tertiary/aromatic N) is 5. The minimum atomic E-state index is -0.344. The number of aromatic nitrogens is 4. The molecule has 0 unspecified atom stereocenters. The number of anilines is 1. The third-order valence-electron chi connectivity index (χ3n) is 9.76. The van der Waals surface area contributed by atoms with Crippen LogP contribution < -0.4 is 4.90 Å². The summed E-state index contributed by atoms with van der Waals surface area (Å²) in [6.07, 6.45) is 4.18. The van der Waals surface area contributed by atoms with E-state index in [0.29, 0.717) is 51.3 Å². The average molecular weight is 604 g/mol. The second kappa shape index (κ2) is 11.5. The molecular weight excluding hydrogens is 566 g/mol. The summed E-state index contributed by atoms with van der Waals surface area (Å²) in [6.45, 7) is 6.32. The maximum atomic E-state index is 12.4. The van der Waals surface area contributed by atoms with Crippen LogP contribution in [-0.4, -0.2) is 71.7 Å². The number of morpholine rings is 1. The fourth-order valence-corrected chi connectivity index (χ4v) is 7.14. The van der Waals surface area contributed by atoms with E-state index in [4.69, 9.17) is 29.3 Å². The van der Waals surface area contributed by atoms with E-state index in [2.05, 4.69) is 65.6 Å². The van der Waals surface area contributed by atoms with Crippen molar-refractivity contribution in [3.63, 3.8) is 0 Å². The molecule has 3 aliphatic rings. The number of carbonyl (C=O) groups is 1. The number of benzene rings is 2. The zero-order valence-corrected chi connectivity index (χ0v) is 25.5. The van der Waals surface area contributed by atoms with Crippen LogP contribution in [0.1, 0.15) is 55.0 Å². The third-order valence-corrected chi connectivity index (χ3v) is 9.76. The Bertz CT molecular complexity index is 1850. The van der Waals surface area contributed by atoms with E-state index >= 15 is 0 Å². The van der Waals surface area contributed by atoms with Gasteiger partial charge in [0.25, 0.3) is 0 Å². The van der Waals surface area contributed by atoms with Crippen molar-refractivity contribution in [2.45, 2.75) is 43.4 Å². The van der Waals surface area contributed by atoms with Crippen molar-refractivity contribution in [2.75, 3.05) is 51.0 Å². The number of ether oxygens (including phenoxy) is 3. The van der Waals surface area contributed by atoms with Crippen molar-refractivity contribution in [1.82, 2.24) is 19.6 Å². The molecule has 0 atom stereocenters. The highest BCUT2D eigenvalue weighted by molar-refractivity contribution is 5.79. The van der Waals surface area contributed by atoms with Gasteiger partial charge in [-0.15, -0.1) is 0 Å². The lowest BCUT2D eigenvalue weighted by Gasteiger charge is -2.41. The number of imidazole rings is 1. The molecule has 0 spiro atoms. The highest BCUT2D eigenvalue weighted by Crippen LogP contribution is 2.50. The molecule has 5 heterocycles. The number of carbonyl (C=O) groups excluding carboxylic acids is 1. The first-order valence-corrected chi connectivity index (χ1v) is 16.0. The molecule has 2 aromatic carbocycles. The number of para-hydroxylation sites is 1. The van der Waals surface area contributed by atoms with Crippen molar-refractivity contribution in [3.05, 3.63) is 89.9 Å². The fourth-order valence-electron chi connectivity index (χ4n) is 7.14. The Kier molecular flexibility index (Phi) is 7.22. The van der Waals surface area contributed by atoms with Gasteiger partial charge in [-0.1, -0.05) is 48.5 Å². The summed E-state index contributed by atoms with van der Waals surface area (Å²) in [5, 5.41) is 6.02. The van der Waals surface area contributed by atoms with Crippen LogP contribution in [-0.2, 0) is 24.4 Å². The zero-order valence-electron chi connectivity index (χ0n) is 25.5. The first kappa shape index (κ1) is 28.2. The molecule has 230 valence electrons. The van der Waals surface area contributed by atoms with Crippen molar-refractivity contribution in [2.24, 2.45) is 0 Å². The van der Waals surface area contributed by atoms with Gasteiger partial charge in [-0.3, -0.25) is 9.78 Å². The number of pyridine rings is 1. The zero-order chi connectivity index (χ0) is 30.4. The Morgan fingerprint density at radius 3 is 2.49 bits per heavy atom. The minimum absolute atomic E-state index is 0.186. The van der Waals surface area contributed by atoms with E-state index in [-0.39, 0.29) is 11.4 Å². The highest BCUT2D eigenvalue weighted by atomic mass is 16.5. The van der Waals surface area contributed by atoms with Gasteiger partial charge in [-0.2, -0.15) is 5.10 Å². The number of hydrogen-bond donors (Lipinski definition) is 0. The normalized spacial score (nSPS) is 21.0. The van der Waals surface area contributed by atoms with Crippen LogP contribution in [0.5, 0.6) is 0 Å². The number of fused-ring (bicyclic) bond motifs is 2. The summed E-state index contributed by atoms with van der Waals surface area (Å²) in [6, 6.07) is 23.3. The Hall–Kier alpha value is -4.34. The smallest absolute Gasteiger partial charge is 0.306 e. The molecule has 2 saturated heterocycles. The molecule has 9 heteroatoms. The molecule has 2 aliphatic heterocycles. The number of hydrogen-bond acceptors (Lipinski definition) is 8. The number of esters is 1. The maximum absolute atomic E-state index is 12.4. The van der Waals surface area contributed by atoms with Gasteiger partial charge in [0.05, 0.1) is 73.7 Å². The first-order valence-electron chi connectivity index (χ1n) is 16.0. The lowest BCUT2D eigenvalue weighted by Crippen LogP contribution is -2.48. The van der Waals surface area contributed by atoms with Crippen LogP contribution in [0.15, 0.2) is 72.9 Å². The van der Waals surface area contributed by atoms with Crippen LogP contribution in [0, 0.1) is 0 Å². The average Bonchev–Trinajstić information content (AvgIpc) is 3.42. The Morgan fingerprint density at radius 1 is 0.933 bits per heavy atom. The third kappa shape index (κ3) is 5.04. The predicted octanol–water partition coefficient (Wildman–Crippen LogP) is 5.66. The second-order valence-electron chi connectivity index (χ2n) is 12.5. The predicted molar refractivity (Wildman–Crippen MR) is 172 cm³/mol. The van der Waals surface area contributed by atoms with Crippen molar-refractivity contribution in [1.29, 1.82) is 0 Å². The van der Waals surface area contributed by atoms with E-state index in [1.165, 1.54) is 5.39 Å². The Morgan fingerprint density at radius 2 is 1.73 bits per heavy atom. The van der Waals surface area contributed by atoms with Crippen LogP contribution >= 0.6 is 0 Å². The molecule has 0 bridgehead atoms. The van der Waals surface area contributed by atoms with Crippen LogP contribution in [0.2, 0.25) is 0 Å². The molecule has 3 fully saturated rings. The molecule has 1 saturated carbocycles. The van der Waals surface area contributed by atoms with Crippen LogP contribution in [0.3, 0.4) is 0 Å². The lowest BCUT2D eigenvalue weighted by molar-refractivity contribution is -0.151. The molecule has 0 amide bonds. The molecule has 9 nitrogen and oxygen atoms in total. The fraction of sp³-hybridized carbons (Fsp3) is 0.389. The van der Waals surface area contributed by atoms with E-state index in [1.807, 2.05) is 23.7 Å². The van der Waals surface area contributed by atoms with Gasteiger partial charge in [0.2, 0.25) is 0 Å². The monoisotopic (exact) mass is 603 g/mol. The topological polar surface area (TPSA) is 91.1 Å². The van der Waals surface area contributed by atoms with Crippen LogP contribution in [0.25, 0.3) is 27.8 Å². The quantitative estimate of drug-likeness (QED) is 0.210. The molecule has 8 rings (SSSR count). The van der Waals surface area contributed by atoms with Gasteiger partial charge in [0.15, 0.2) is 5.65 Å². The molecule has 3 aromatic heterocycles. The summed E-state index contributed by atoms with van der Waals surface area (Å²) in [4.78, 5) is 25.1. The highest BCUT2D eigenvalue weighted by Gasteiger charge is 2.43. The van der Waals surface area contributed by atoms with Crippen molar-refractivity contribution >= 4 is 28.2 Å². The lowest BCUT2D eigenvalue weighted by atomic mass is 9.70. The largest absolute Gasteiger partial charge is 0.466 e. The molecule has 0 N–H and O–H groups in total. The van der Waals surface area contributed by atoms with E-state index in [1.54, 1.807) is 0 Å². The molecular formula is C36H37N5O4. The molecule has 45 heavy (non-hydrogen) atoms. The molecule has 1 aliphatic carbocycles. The second-order valence-corrected chi connectivity index (χ2v) is 12.5. The van der Waals surface area contributed by atoms with Crippen molar-refractivity contribution in [3.8, 4) is 11.3 Å².